The van der Waals surface area contributed by atoms with Crippen molar-refractivity contribution in [3.05, 3.63) is 82.9 Å². The molecule has 0 fully saturated rings. The second-order valence-electron chi connectivity index (χ2n) is 7.31. The van der Waals surface area contributed by atoms with Crippen LogP contribution in [-0.4, -0.2) is 25.8 Å². The topological polar surface area (TPSA) is 70.9 Å². The highest BCUT2D eigenvalue weighted by Gasteiger charge is 2.22. The minimum Gasteiger partial charge on any atom is -0.478 e. The molecule has 2 heterocycles. The van der Waals surface area contributed by atoms with Crippen LogP contribution >= 0.6 is 11.6 Å². The Morgan fingerprint density at radius 1 is 1.16 bits per heavy atom. The summed E-state index contributed by atoms with van der Waals surface area (Å²) in [5, 5.41) is 18.7. The summed E-state index contributed by atoms with van der Waals surface area (Å²) in [5.74, 6) is -1.33. The number of aromatic nitrogens is 3. The lowest BCUT2D eigenvalue weighted by molar-refractivity contribution is 0.0697. The van der Waals surface area contributed by atoms with Crippen molar-refractivity contribution < 1.29 is 14.3 Å². The summed E-state index contributed by atoms with van der Waals surface area (Å²) in [5.41, 5.74) is 5.43. The molecule has 3 aromatic carbocycles. The minimum absolute atomic E-state index is 0.130. The number of carboxylic acids is 1. The number of halogens is 2. The van der Waals surface area contributed by atoms with Crippen molar-refractivity contribution in [1.29, 1.82) is 0 Å². The molecule has 0 radical (unpaired) electrons. The van der Waals surface area contributed by atoms with E-state index in [0.29, 0.717) is 11.4 Å². The zero-order valence-corrected chi connectivity index (χ0v) is 17.2. The van der Waals surface area contributed by atoms with Gasteiger partial charge in [-0.15, -0.1) is 0 Å². The number of nitrogens with zero attached hydrogens (tertiary/aromatic N) is 2. The van der Waals surface area contributed by atoms with E-state index in [-0.39, 0.29) is 11.4 Å². The quantitative estimate of drug-likeness (QED) is 0.353. The number of hydrogen-bond donors (Lipinski definition) is 2. The molecular weight excluding hydrogens is 417 g/mol. The number of fused-ring (bicyclic) bond motifs is 2. The van der Waals surface area contributed by atoms with Gasteiger partial charge in [0, 0.05) is 38.3 Å². The SMILES string of the molecule is CCc1c(-c2ccc(C(=O)O)cc2Cl)c2cc3[nH]ncc3cc2n1-c1ccc(F)cc1. The van der Waals surface area contributed by atoms with Crippen LogP contribution in [0.15, 0.2) is 60.8 Å². The number of rotatable bonds is 4. The minimum atomic E-state index is -1.03. The van der Waals surface area contributed by atoms with Crippen LogP contribution in [0.5, 0.6) is 0 Å². The summed E-state index contributed by atoms with van der Waals surface area (Å²) in [6.45, 7) is 2.05. The summed E-state index contributed by atoms with van der Waals surface area (Å²) < 4.78 is 15.7. The Morgan fingerprint density at radius 2 is 1.94 bits per heavy atom. The van der Waals surface area contributed by atoms with Crippen molar-refractivity contribution in [2.24, 2.45) is 0 Å². The summed E-state index contributed by atoms with van der Waals surface area (Å²) in [4.78, 5) is 11.4. The largest absolute Gasteiger partial charge is 0.478 e. The fourth-order valence-electron chi connectivity index (χ4n) is 4.15. The van der Waals surface area contributed by atoms with E-state index in [1.807, 2.05) is 19.1 Å². The molecule has 0 aliphatic heterocycles. The highest BCUT2D eigenvalue weighted by atomic mass is 35.5. The van der Waals surface area contributed by atoms with E-state index in [0.717, 1.165) is 44.3 Å². The average molecular weight is 434 g/mol. The van der Waals surface area contributed by atoms with Gasteiger partial charge in [-0.3, -0.25) is 5.10 Å². The Hall–Kier alpha value is -3.64. The number of aromatic carboxylic acids is 1. The van der Waals surface area contributed by atoms with Crippen LogP contribution in [-0.2, 0) is 6.42 Å². The predicted molar refractivity (Wildman–Crippen MR) is 120 cm³/mol. The molecule has 2 aromatic heterocycles. The summed E-state index contributed by atoms with van der Waals surface area (Å²) >= 11 is 6.57. The summed E-state index contributed by atoms with van der Waals surface area (Å²) in [7, 11) is 0. The first-order chi connectivity index (χ1) is 15.0. The monoisotopic (exact) mass is 433 g/mol. The molecule has 5 aromatic rings. The van der Waals surface area contributed by atoms with Gasteiger partial charge < -0.3 is 9.67 Å². The van der Waals surface area contributed by atoms with Crippen LogP contribution in [0.4, 0.5) is 4.39 Å². The number of hydrogen-bond acceptors (Lipinski definition) is 2. The van der Waals surface area contributed by atoms with Gasteiger partial charge >= 0.3 is 5.97 Å². The van der Waals surface area contributed by atoms with Crippen molar-refractivity contribution in [2.75, 3.05) is 0 Å². The van der Waals surface area contributed by atoms with Crippen molar-refractivity contribution in [1.82, 2.24) is 14.8 Å². The maximum Gasteiger partial charge on any atom is 0.335 e. The van der Waals surface area contributed by atoms with Gasteiger partial charge in [-0.1, -0.05) is 24.6 Å². The maximum absolute atomic E-state index is 13.6. The smallest absolute Gasteiger partial charge is 0.335 e. The Labute approximate surface area is 181 Å². The second-order valence-corrected chi connectivity index (χ2v) is 7.72. The molecule has 0 atom stereocenters. The first-order valence-corrected chi connectivity index (χ1v) is 10.1. The second kappa shape index (κ2) is 7.25. The molecule has 0 spiro atoms. The van der Waals surface area contributed by atoms with E-state index >= 15 is 0 Å². The highest BCUT2D eigenvalue weighted by Crippen LogP contribution is 2.41. The van der Waals surface area contributed by atoms with Crippen LogP contribution in [0.25, 0.3) is 38.6 Å². The Morgan fingerprint density at radius 3 is 2.61 bits per heavy atom. The standard InChI is InChI=1S/C24H17ClFN3O2/c1-2-21-23(17-8-3-13(24(30)31)9-19(17)25)18-11-20-14(12-27-28-20)10-22(18)29(21)16-6-4-15(26)5-7-16/h3-12H,2H2,1H3,(H,27,28)(H,30,31). The molecule has 5 nitrogen and oxygen atoms in total. The number of nitrogens with one attached hydrogen (secondary N) is 1. The molecule has 0 amide bonds. The fourth-order valence-corrected chi connectivity index (χ4v) is 4.42. The van der Waals surface area contributed by atoms with E-state index in [1.165, 1.54) is 18.2 Å². The number of benzene rings is 3. The van der Waals surface area contributed by atoms with Crippen molar-refractivity contribution in [3.8, 4) is 16.8 Å². The Balaban J connectivity index is 1.90. The van der Waals surface area contributed by atoms with Gasteiger partial charge in [0.2, 0.25) is 0 Å². The molecule has 0 saturated heterocycles. The van der Waals surface area contributed by atoms with Gasteiger partial charge in [0.15, 0.2) is 0 Å². The van der Waals surface area contributed by atoms with Gasteiger partial charge in [0.25, 0.3) is 0 Å². The van der Waals surface area contributed by atoms with E-state index in [2.05, 4.69) is 14.8 Å². The molecule has 31 heavy (non-hydrogen) atoms. The lowest BCUT2D eigenvalue weighted by atomic mass is 9.99. The molecule has 0 unspecified atom stereocenters. The molecular formula is C24H17ClFN3O2. The van der Waals surface area contributed by atoms with Gasteiger partial charge in [0.1, 0.15) is 5.82 Å². The molecule has 0 bridgehead atoms. The molecule has 0 aliphatic carbocycles. The predicted octanol–water partition coefficient (Wildman–Crippen LogP) is 6.23. The van der Waals surface area contributed by atoms with E-state index in [1.54, 1.807) is 30.5 Å². The third-order valence-corrected chi connectivity index (χ3v) is 5.84. The Kier molecular flexibility index (Phi) is 4.52. The maximum atomic E-state index is 13.6. The molecule has 7 heteroatoms. The van der Waals surface area contributed by atoms with Crippen LogP contribution in [0.3, 0.4) is 0 Å². The average Bonchev–Trinajstić information content (AvgIpc) is 3.34. The number of carbonyl (C=O) groups is 1. The summed E-state index contributed by atoms with van der Waals surface area (Å²) in [6, 6.07) is 15.2. The van der Waals surface area contributed by atoms with Crippen molar-refractivity contribution >= 4 is 39.4 Å². The lowest BCUT2D eigenvalue weighted by Crippen LogP contribution is -2.01. The number of carboxylic acid groups (broad SMARTS) is 1. The normalized spacial score (nSPS) is 11.5. The zero-order chi connectivity index (χ0) is 21.7. The first-order valence-electron chi connectivity index (χ1n) is 9.77. The number of H-pyrrole nitrogens is 1. The Bertz CT molecular complexity index is 1470. The lowest BCUT2D eigenvalue weighted by Gasteiger charge is -2.12. The molecule has 154 valence electrons. The van der Waals surface area contributed by atoms with Gasteiger partial charge in [-0.25, -0.2) is 9.18 Å². The van der Waals surface area contributed by atoms with Crippen LogP contribution < -0.4 is 0 Å². The van der Waals surface area contributed by atoms with E-state index in [9.17, 15) is 14.3 Å². The zero-order valence-electron chi connectivity index (χ0n) is 16.5. The van der Waals surface area contributed by atoms with E-state index < -0.39 is 5.97 Å². The van der Waals surface area contributed by atoms with Crippen LogP contribution in [0, 0.1) is 5.82 Å². The first kappa shape index (κ1) is 19.3. The molecule has 0 saturated carbocycles. The third-order valence-electron chi connectivity index (χ3n) is 5.53. The number of aromatic amines is 1. The van der Waals surface area contributed by atoms with Crippen molar-refractivity contribution in [3.63, 3.8) is 0 Å². The molecule has 5 rings (SSSR count). The van der Waals surface area contributed by atoms with Gasteiger partial charge in [-0.2, -0.15) is 5.10 Å². The van der Waals surface area contributed by atoms with Crippen LogP contribution in [0.2, 0.25) is 5.02 Å². The van der Waals surface area contributed by atoms with Gasteiger partial charge in [-0.05, 0) is 55.0 Å². The molecule has 0 aliphatic rings. The van der Waals surface area contributed by atoms with Gasteiger partial charge in [0.05, 0.1) is 22.8 Å². The third kappa shape index (κ3) is 3.07. The summed E-state index contributed by atoms with van der Waals surface area (Å²) in [6.07, 6.45) is 2.45. The van der Waals surface area contributed by atoms with E-state index in [4.69, 9.17) is 11.6 Å². The van der Waals surface area contributed by atoms with Crippen LogP contribution in [0.1, 0.15) is 23.0 Å². The molecule has 2 N–H and O–H groups in total. The fraction of sp³-hybridized carbons (Fsp3) is 0.0833. The highest BCUT2D eigenvalue weighted by molar-refractivity contribution is 6.34. The van der Waals surface area contributed by atoms with Crippen molar-refractivity contribution in [2.45, 2.75) is 13.3 Å².